The molecule has 0 aliphatic carbocycles. The monoisotopic (exact) mass is 402 g/mol. The molecule has 1 aromatic heterocycles. The van der Waals surface area contributed by atoms with Crippen molar-refractivity contribution in [2.45, 2.75) is 17.8 Å². The maximum absolute atomic E-state index is 9.81. The van der Waals surface area contributed by atoms with Crippen LogP contribution in [0.2, 0.25) is 0 Å². The number of rotatable bonds is 5. The van der Waals surface area contributed by atoms with Gasteiger partial charge in [0.25, 0.3) is 0 Å². The SMILES string of the molecule is Cc1nnc(SCc2ccc(Br)cc2)n1/N=C/c1ccccc1O. The van der Waals surface area contributed by atoms with Gasteiger partial charge in [-0.05, 0) is 36.8 Å². The second-order valence-electron chi connectivity index (χ2n) is 5.06. The number of nitrogens with zero attached hydrogens (tertiary/aromatic N) is 4. The second kappa shape index (κ2) is 7.63. The molecule has 122 valence electrons. The Hall–Kier alpha value is -2.12. The molecule has 1 heterocycles. The fraction of sp³-hybridized carbons (Fsp3) is 0.118. The van der Waals surface area contributed by atoms with Crippen LogP contribution in [0.15, 0.2) is 63.3 Å². The molecule has 3 aromatic rings. The predicted octanol–water partition coefficient (Wildman–Crippen LogP) is 4.23. The number of hydrogen-bond acceptors (Lipinski definition) is 5. The zero-order valence-corrected chi connectivity index (χ0v) is 15.3. The topological polar surface area (TPSA) is 63.3 Å². The molecule has 0 bridgehead atoms. The van der Waals surface area contributed by atoms with Crippen molar-refractivity contribution < 1.29 is 5.11 Å². The van der Waals surface area contributed by atoms with Gasteiger partial charge in [-0.15, -0.1) is 10.2 Å². The van der Waals surface area contributed by atoms with Crippen molar-refractivity contribution in [1.29, 1.82) is 0 Å². The zero-order chi connectivity index (χ0) is 16.9. The summed E-state index contributed by atoms with van der Waals surface area (Å²) >= 11 is 5.00. The lowest BCUT2D eigenvalue weighted by Crippen LogP contribution is -1.96. The van der Waals surface area contributed by atoms with Crippen LogP contribution in [-0.2, 0) is 5.75 Å². The lowest BCUT2D eigenvalue weighted by molar-refractivity contribution is 0.474. The van der Waals surface area contributed by atoms with Gasteiger partial charge in [0.05, 0.1) is 6.21 Å². The average Bonchev–Trinajstić information content (AvgIpc) is 2.94. The minimum atomic E-state index is 0.191. The van der Waals surface area contributed by atoms with Crippen LogP contribution < -0.4 is 0 Å². The molecule has 3 rings (SSSR count). The smallest absolute Gasteiger partial charge is 0.212 e. The van der Waals surface area contributed by atoms with Crippen LogP contribution in [0.3, 0.4) is 0 Å². The van der Waals surface area contributed by atoms with E-state index in [2.05, 4.69) is 43.4 Å². The van der Waals surface area contributed by atoms with Crippen molar-refractivity contribution >= 4 is 33.9 Å². The Labute approximate surface area is 152 Å². The lowest BCUT2D eigenvalue weighted by Gasteiger charge is -2.03. The van der Waals surface area contributed by atoms with E-state index in [0.29, 0.717) is 16.5 Å². The fourth-order valence-electron chi connectivity index (χ4n) is 2.01. The van der Waals surface area contributed by atoms with Crippen LogP contribution in [0.1, 0.15) is 17.0 Å². The van der Waals surface area contributed by atoms with Gasteiger partial charge in [0, 0.05) is 15.8 Å². The number of halogens is 1. The Morgan fingerprint density at radius 2 is 1.92 bits per heavy atom. The summed E-state index contributed by atoms with van der Waals surface area (Å²) in [6.45, 7) is 1.85. The summed E-state index contributed by atoms with van der Waals surface area (Å²) < 4.78 is 2.73. The molecule has 0 saturated heterocycles. The zero-order valence-electron chi connectivity index (χ0n) is 12.9. The number of phenolic OH excluding ortho intramolecular Hbond substituents is 1. The molecule has 0 aliphatic heterocycles. The van der Waals surface area contributed by atoms with Gasteiger partial charge in [-0.3, -0.25) is 0 Å². The minimum Gasteiger partial charge on any atom is -0.507 e. The number of aromatic nitrogens is 3. The lowest BCUT2D eigenvalue weighted by atomic mass is 10.2. The van der Waals surface area contributed by atoms with Crippen LogP contribution in [0.25, 0.3) is 0 Å². The highest BCUT2D eigenvalue weighted by Gasteiger charge is 2.09. The first kappa shape index (κ1) is 16.7. The van der Waals surface area contributed by atoms with Gasteiger partial charge in [0.2, 0.25) is 5.16 Å². The van der Waals surface area contributed by atoms with Crippen LogP contribution in [0, 0.1) is 6.92 Å². The fourth-order valence-corrected chi connectivity index (χ4v) is 3.16. The van der Waals surface area contributed by atoms with Crippen molar-refractivity contribution in [3.8, 4) is 5.75 Å². The maximum atomic E-state index is 9.81. The first-order valence-corrected chi connectivity index (χ1v) is 9.03. The number of para-hydroxylation sites is 1. The second-order valence-corrected chi connectivity index (χ2v) is 6.92. The Bertz CT molecular complexity index is 861. The standard InChI is InChI=1S/C17H15BrN4OS/c1-12-20-21-17(24-11-13-6-8-15(18)9-7-13)22(12)19-10-14-4-2-3-5-16(14)23/h2-10,23H,11H2,1H3/b19-10+. The molecule has 0 unspecified atom stereocenters. The summed E-state index contributed by atoms with van der Waals surface area (Å²) in [6.07, 6.45) is 1.61. The van der Waals surface area contributed by atoms with Crippen molar-refractivity contribution in [1.82, 2.24) is 14.9 Å². The van der Waals surface area contributed by atoms with Gasteiger partial charge in [-0.1, -0.05) is 52.0 Å². The van der Waals surface area contributed by atoms with Crippen LogP contribution in [-0.4, -0.2) is 26.2 Å². The van der Waals surface area contributed by atoms with Crippen molar-refractivity contribution in [2.75, 3.05) is 0 Å². The summed E-state index contributed by atoms with van der Waals surface area (Å²) in [5.41, 5.74) is 1.84. The van der Waals surface area contributed by atoms with Crippen molar-refractivity contribution in [2.24, 2.45) is 5.10 Å². The summed E-state index contributed by atoms with van der Waals surface area (Å²) in [5.74, 6) is 1.66. The highest BCUT2D eigenvalue weighted by Crippen LogP contribution is 2.23. The number of aryl methyl sites for hydroxylation is 1. The highest BCUT2D eigenvalue weighted by atomic mass is 79.9. The molecular weight excluding hydrogens is 388 g/mol. The molecule has 0 atom stereocenters. The Morgan fingerprint density at radius 3 is 2.67 bits per heavy atom. The van der Waals surface area contributed by atoms with E-state index in [1.807, 2.05) is 25.1 Å². The molecule has 1 N–H and O–H groups in total. The highest BCUT2D eigenvalue weighted by molar-refractivity contribution is 9.10. The van der Waals surface area contributed by atoms with E-state index < -0.39 is 0 Å². The Morgan fingerprint density at radius 1 is 1.17 bits per heavy atom. The molecule has 7 heteroatoms. The number of benzene rings is 2. The van der Waals surface area contributed by atoms with Crippen molar-refractivity contribution in [3.05, 3.63) is 70.0 Å². The first-order valence-electron chi connectivity index (χ1n) is 7.25. The van der Waals surface area contributed by atoms with E-state index in [1.165, 1.54) is 5.56 Å². The van der Waals surface area contributed by atoms with Crippen LogP contribution in [0.5, 0.6) is 5.75 Å². The number of phenols is 1. The van der Waals surface area contributed by atoms with Gasteiger partial charge < -0.3 is 5.11 Å². The molecule has 0 spiro atoms. The third kappa shape index (κ3) is 4.04. The molecule has 0 aliphatic rings. The Balaban J connectivity index is 1.76. The number of thioether (sulfide) groups is 1. The molecule has 0 radical (unpaired) electrons. The van der Waals surface area contributed by atoms with Gasteiger partial charge >= 0.3 is 0 Å². The van der Waals surface area contributed by atoms with Gasteiger partial charge in [-0.2, -0.15) is 9.78 Å². The molecule has 0 saturated carbocycles. The maximum Gasteiger partial charge on any atom is 0.212 e. The number of aromatic hydroxyl groups is 1. The number of hydrogen-bond donors (Lipinski definition) is 1. The van der Waals surface area contributed by atoms with E-state index in [-0.39, 0.29) is 5.75 Å². The minimum absolute atomic E-state index is 0.191. The van der Waals surface area contributed by atoms with Gasteiger partial charge in [0.1, 0.15) is 5.75 Å². The largest absolute Gasteiger partial charge is 0.507 e. The molecule has 0 amide bonds. The first-order chi connectivity index (χ1) is 11.6. The van der Waals surface area contributed by atoms with Crippen LogP contribution >= 0.6 is 27.7 Å². The van der Waals surface area contributed by atoms with Crippen LogP contribution in [0.4, 0.5) is 0 Å². The van der Waals surface area contributed by atoms with E-state index in [9.17, 15) is 5.11 Å². The average molecular weight is 403 g/mol. The predicted molar refractivity (Wildman–Crippen MR) is 99.6 cm³/mol. The summed E-state index contributed by atoms with van der Waals surface area (Å²) in [6, 6.07) is 15.2. The molecular formula is C17H15BrN4OS. The molecule has 24 heavy (non-hydrogen) atoms. The normalized spacial score (nSPS) is 11.2. The molecule has 2 aromatic carbocycles. The van der Waals surface area contributed by atoms with E-state index in [1.54, 1.807) is 40.9 Å². The van der Waals surface area contributed by atoms with Gasteiger partial charge in [-0.25, -0.2) is 0 Å². The van der Waals surface area contributed by atoms with E-state index in [0.717, 1.165) is 10.2 Å². The Kier molecular flexibility index (Phi) is 5.32. The summed E-state index contributed by atoms with van der Waals surface area (Å²) in [5, 5.41) is 23.2. The third-order valence-electron chi connectivity index (χ3n) is 3.30. The van der Waals surface area contributed by atoms with E-state index in [4.69, 9.17) is 0 Å². The van der Waals surface area contributed by atoms with Gasteiger partial charge in [0.15, 0.2) is 5.82 Å². The summed E-state index contributed by atoms with van der Waals surface area (Å²) in [4.78, 5) is 0. The van der Waals surface area contributed by atoms with E-state index >= 15 is 0 Å². The van der Waals surface area contributed by atoms with Crippen molar-refractivity contribution in [3.63, 3.8) is 0 Å². The quantitative estimate of drug-likeness (QED) is 0.512. The third-order valence-corrected chi connectivity index (χ3v) is 4.82. The summed E-state index contributed by atoms with van der Waals surface area (Å²) in [7, 11) is 0. The molecule has 0 fully saturated rings. The molecule has 5 nitrogen and oxygen atoms in total.